The number of carbonyl (C=O) groups is 2. The first-order valence-electron chi connectivity index (χ1n) is 14.1. The summed E-state index contributed by atoms with van der Waals surface area (Å²) in [7, 11) is 1.80. The quantitative estimate of drug-likeness (QED) is 0.438. The molecule has 5 rings (SSSR count). The third kappa shape index (κ3) is 6.10. The van der Waals surface area contributed by atoms with E-state index >= 15 is 0 Å². The normalized spacial score (nSPS) is 17.6. The molecular formula is C31H35F3N6O2. The number of halogens is 3. The summed E-state index contributed by atoms with van der Waals surface area (Å²) in [4.78, 5) is 43.0. The summed E-state index contributed by atoms with van der Waals surface area (Å²) in [5, 5.41) is 2.74. The second-order valence-corrected chi connectivity index (χ2v) is 12.0. The fourth-order valence-corrected chi connectivity index (χ4v) is 5.67. The van der Waals surface area contributed by atoms with Crippen molar-refractivity contribution >= 4 is 17.6 Å². The lowest BCUT2D eigenvalue weighted by Gasteiger charge is -2.37. The maximum Gasteiger partial charge on any atom is 0.434 e. The first-order valence-corrected chi connectivity index (χ1v) is 14.1. The van der Waals surface area contributed by atoms with Gasteiger partial charge >= 0.3 is 6.18 Å². The third-order valence-electron chi connectivity index (χ3n) is 8.07. The van der Waals surface area contributed by atoms with Crippen molar-refractivity contribution in [3.05, 3.63) is 82.6 Å². The highest BCUT2D eigenvalue weighted by Crippen LogP contribution is 2.34. The number of aryl methyl sites for hydroxylation is 1. The molecule has 0 bridgehead atoms. The van der Waals surface area contributed by atoms with Crippen LogP contribution in [-0.4, -0.2) is 57.8 Å². The van der Waals surface area contributed by atoms with Crippen LogP contribution >= 0.6 is 0 Å². The summed E-state index contributed by atoms with van der Waals surface area (Å²) >= 11 is 0. The molecule has 2 aliphatic rings. The number of nitrogens with zero attached hydrogens (tertiary/aromatic N) is 5. The highest BCUT2D eigenvalue weighted by molar-refractivity contribution is 5.96. The van der Waals surface area contributed by atoms with Gasteiger partial charge in [-0.1, -0.05) is 26.8 Å². The molecule has 8 nitrogen and oxygen atoms in total. The van der Waals surface area contributed by atoms with Gasteiger partial charge in [-0.25, -0.2) is 9.97 Å². The molecule has 0 spiro atoms. The van der Waals surface area contributed by atoms with Crippen molar-refractivity contribution < 1.29 is 22.8 Å². The highest BCUT2D eigenvalue weighted by Gasteiger charge is 2.38. The average molecular weight is 581 g/mol. The summed E-state index contributed by atoms with van der Waals surface area (Å²) in [6, 6.07) is 9.32. The smallest absolute Gasteiger partial charge is 0.356 e. The molecule has 11 heteroatoms. The SMILES string of the molecule is CN(C(=O)c1ccc2c(c1)C(NC(=O)c1cccnc1C(F)(F)F)CC2)C1CCN(c2ccnc(C(C)(C)C)n2)CC1. The summed E-state index contributed by atoms with van der Waals surface area (Å²) in [5.41, 5.74) is 0.328. The van der Waals surface area contributed by atoms with Crippen LogP contribution in [0, 0.1) is 0 Å². The summed E-state index contributed by atoms with van der Waals surface area (Å²) in [6.45, 7) is 7.76. The van der Waals surface area contributed by atoms with Crippen LogP contribution in [0.15, 0.2) is 48.8 Å². The number of amides is 2. The van der Waals surface area contributed by atoms with Crippen molar-refractivity contribution in [1.82, 2.24) is 25.2 Å². The number of piperidine rings is 1. The van der Waals surface area contributed by atoms with E-state index in [1.54, 1.807) is 30.3 Å². The molecule has 3 aromatic rings. The lowest BCUT2D eigenvalue weighted by Crippen LogP contribution is -2.46. The van der Waals surface area contributed by atoms with E-state index in [0.717, 1.165) is 61.0 Å². The van der Waals surface area contributed by atoms with Gasteiger partial charge in [-0.05, 0) is 67.1 Å². The molecular weight excluding hydrogens is 545 g/mol. The zero-order valence-corrected chi connectivity index (χ0v) is 24.2. The minimum Gasteiger partial charge on any atom is -0.356 e. The van der Waals surface area contributed by atoms with Gasteiger partial charge in [-0.2, -0.15) is 13.2 Å². The molecule has 0 saturated carbocycles. The molecule has 42 heavy (non-hydrogen) atoms. The van der Waals surface area contributed by atoms with Gasteiger partial charge in [0.05, 0.1) is 11.6 Å². The first kappa shape index (κ1) is 29.5. The van der Waals surface area contributed by atoms with Crippen LogP contribution in [0.5, 0.6) is 0 Å². The molecule has 1 aromatic carbocycles. The van der Waals surface area contributed by atoms with E-state index in [9.17, 15) is 22.8 Å². The van der Waals surface area contributed by atoms with E-state index in [2.05, 4.69) is 41.0 Å². The Balaban J connectivity index is 1.25. The number of benzene rings is 1. The predicted octanol–water partition coefficient (Wildman–Crippen LogP) is 5.35. The number of pyridine rings is 1. The van der Waals surface area contributed by atoms with Crippen LogP contribution in [0.4, 0.5) is 19.0 Å². The van der Waals surface area contributed by atoms with Gasteiger partial charge in [-0.3, -0.25) is 14.6 Å². The number of alkyl halides is 3. The number of anilines is 1. The molecule has 1 unspecified atom stereocenters. The molecule has 1 fully saturated rings. The lowest BCUT2D eigenvalue weighted by molar-refractivity contribution is -0.141. The van der Waals surface area contributed by atoms with Crippen LogP contribution in [0.2, 0.25) is 0 Å². The molecule has 222 valence electrons. The Morgan fingerprint density at radius 2 is 1.74 bits per heavy atom. The Morgan fingerprint density at radius 3 is 2.43 bits per heavy atom. The van der Waals surface area contributed by atoms with Crippen LogP contribution in [-0.2, 0) is 18.0 Å². The molecule has 1 aliphatic carbocycles. The molecule has 3 heterocycles. The number of aromatic nitrogens is 3. The van der Waals surface area contributed by atoms with Crippen LogP contribution in [0.1, 0.15) is 89.4 Å². The van der Waals surface area contributed by atoms with Crippen LogP contribution < -0.4 is 10.2 Å². The topological polar surface area (TPSA) is 91.3 Å². The van der Waals surface area contributed by atoms with E-state index in [1.165, 1.54) is 6.07 Å². The van der Waals surface area contributed by atoms with E-state index in [4.69, 9.17) is 4.98 Å². The number of hydrogen-bond acceptors (Lipinski definition) is 6. The van der Waals surface area contributed by atoms with Gasteiger partial charge in [0.2, 0.25) is 0 Å². The van der Waals surface area contributed by atoms with Gasteiger partial charge < -0.3 is 15.1 Å². The van der Waals surface area contributed by atoms with Crippen molar-refractivity contribution in [1.29, 1.82) is 0 Å². The number of nitrogens with one attached hydrogen (secondary N) is 1. The second-order valence-electron chi connectivity index (χ2n) is 12.0. The van der Waals surface area contributed by atoms with E-state index < -0.39 is 29.4 Å². The van der Waals surface area contributed by atoms with Crippen molar-refractivity contribution in [2.45, 2.75) is 70.1 Å². The van der Waals surface area contributed by atoms with Gasteiger partial charge in [0.1, 0.15) is 11.6 Å². The molecule has 1 atom stereocenters. The van der Waals surface area contributed by atoms with E-state index in [-0.39, 0.29) is 17.4 Å². The fraction of sp³-hybridized carbons (Fsp3) is 0.452. The number of hydrogen-bond donors (Lipinski definition) is 1. The molecule has 1 saturated heterocycles. The maximum absolute atomic E-state index is 13.5. The average Bonchev–Trinajstić information content (AvgIpc) is 3.37. The van der Waals surface area contributed by atoms with Crippen LogP contribution in [0.25, 0.3) is 0 Å². The Kier molecular flexibility index (Phi) is 7.96. The predicted molar refractivity (Wildman–Crippen MR) is 152 cm³/mol. The van der Waals surface area contributed by atoms with Crippen molar-refractivity contribution in [2.24, 2.45) is 0 Å². The summed E-state index contributed by atoms with van der Waals surface area (Å²) < 4.78 is 40.2. The van der Waals surface area contributed by atoms with Gasteiger partial charge in [0, 0.05) is 49.6 Å². The third-order valence-corrected chi connectivity index (χ3v) is 8.07. The maximum atomic E-state index is 13.5. The zero-order chi connectivity index (χ0) is 30.2. The largest absolute Gasteiger partial charge is 0.434 e. The fourth-order valence-electron chi connectivity index (χ4n) is 5.67. The molecule has 2 aromatic heterocycles. The second kappa shape index (κ2) is 11.3. The standard InChI is InChI=1S/C31H35F3N6O2/c1-30(2,3)29-36-15-11-25(38-29)40-16-12-21(13-17-40)39(4)28(42)20-8-7-19-9-10-24(23(19)18-20)37-27(41)22-6-5-14-35-26(22)31(32,33)34/h5-8,11,14-15,18,21,24H,9-10,12-13,16-17H2,1-4H3,(H,37,41). The Hall–Kier alpha value is -4.02. The Labute approximate surface area is 243 Å². The Morgan fingerprint density at radius 1 is 1.00 bits per heavy atom. The van der Waals surface area contributed by atoms with E-state index in [1.807, 2.05) is 12.1 Å². The van der Waals surface area contributed by atoms with E-state index in [0.29, 0.717) is 18.4 Å². The first-order chi connectivity index (χ1) is 19.8. The monoisotopic (exact) mass is 580 g/mol. The molecule has 1 aliphatic heterocycles. The molecule has 2 amide bonds. The van der Waals surface area contributed by atoms with Gasteiger partial charge in [0.25, 0.3) is 11.8 Å². The highest BCUT2D eigenvalue weighted by atomic mass is 19.4. The number of rotatable bonds is 5. The summed E-state index contributed by atoms with van der Waals surface area (Å²) in [5.74, 6) is 0.716. The number of fused-ring (bicyclic) bond motifs is 1. The van der Waals surface area contributed by atoms with Gasteiger partial charge in [0.15, 0.2) is 5.69 Å². The van der Waals surface area contributed by atoms with Crippen molar-refractivity contribution in [2.75, 3.05) is 25.0 Å². The minimum atomic E-state index is -4.74. The van der Waals surface area contributed by atoms with Crippen LogP contribution in [0.3, 0.4) is 0 Å². The number of carbonyl (C=O) groups excluding carboxylic acids is 2. The minimum absolute atomic E-state index is 0.0489. The zero-order valence-electron chi connectivity index (χ0n) is 24.2. The lowest BCUT2D eigenvalue weighted by atomic mass is 9.96. The molecule has 1 N–H and O–H groups in total. The Bertz CT molecular complexity index is 1480. The molecule has 0 radical (unpaired) electrons. The van der Waals surface area contributed by atoms with Crippen molar-refractivity contribution in [3.8, 4) is 0 Å². The van der Waals surface area contributed by atoms with Crippen molar-refractivity contribution in [3.63, 3.8) is 0 Å². The summed E-state index contributed by atoms with van der Waals surface area (Å²) in [6.07, 6.45) is 0.825. The van der Waals surface area contributed by atoms with Gasteiger partial charge in [-0.15, -0.1) is 0 Å².